The zero-order chi connectivity index (χ0) is 9.47. The van der Waals surface area contributed by atoms with Crippen molar-refractivity contribution in [3.8, 4) is 0 Å². The van der Waals surface area contributed by atoms with Crippen molar-refractivity contribution < 1.29 is 9.90 Å². The summed E-state index contributed by atoms with van der Waals surface area (Å²) in [6.07, 6.45) is 3.98. The summed E-state index contributed by atoms with van der Waals surface area (Å²) < 4.78 is 0.419. The van der Waals surface area contributed by atoms with Crippen LogP contribution in [0.3, 0.4) is 0 Å². The van der Waals surface area contributed by atoms with E-state index in [0.717, 1.165) is 11.3 Å². The molecular formula is C8H8ClNO2S. The van der Waals surface area contributed by atoms with E-state index in [9.17, 15) is 4.79 Å². The molecule has 1 fully saturated rings. The van der Waals surface area contributed by atoms with Gasteiger partial charge in [0.05, 0.1) is 0 Å². The van der Waals surface area contributed by atoms with Gasteiger partial charge in [-0.25, -0.2) is 4.98 Å². The molecular weight excluding hydrogens is 210 g/mol. The van der Waals surface area contributed by atoms with Gasteiger partial charge in [-0.1, -0.05) is 18.0 Å². The number of carboxylic acids is 1. The third-order valence-corrected chi connectivity index (χ3v) is 3.88. The second kappa shape index (κ2) is 2.96. The van der Waals surface area contributed by atoms with Crippen LogP contribution in [-0.4, -0.2) is 16.1 Å². The lowest BCUT2D eigenvalue weighted by molar-refractivity contribution is -0.147. The number of halogens is 1. The van der Waals surface area contributed by atoms with Crippen LogP contribution in [0.1, 0.15) is 24.1 Å². The summed E-state index contributed by atoms with van der Waals surface area (Å²) >= 11 is 6.94. The van der Waals surface area contributed by atoms with Crippen molar-refractivity contribution in [3.05, 3.63) is 15.5 Å². The molecule has 0 aliphatic heterocycles. The summed E-state index contributed by atoms with van der Waals surface area (Å²) in [5, 5.41) is 9.08. The summed E-state index contributed by atoms with van der Waals surface area (Å²) in [4.78, 5) is 15.7. The molecule has 1 heterocycles. The van der Waals surface area contributed by atoms with Gasteiger partial charge in [-0.15, -0.1) is 11.3 Å². The van der Waals surface area contributed by atoms with Gasteiger partial charge in [0, 0.05) is 11.1 Å². The third-order valence-electron chi connectivity index (χ3n) is 2.57. The molecule has 3 nitrogen and oxygen atoms in total. The van der Waals surface area contributed by atoms with E-state index in [4.69, 9.17) is 16.7 Å². The molecule has 1 aromatic rings. The highest BCUT2D eigenvalue weighted by atomic mass is 35.5. The van der Waals surface area contributed by atoms with Crippen LogP contribution in [0.2, 0.25) is 4.47 Å². The average Bonchev–Trinajstić information content (AvgIpc) is 2.32. The quantitative estimate of drug-likeness (QED) is 0.827. The van der Waals surface area contributed by atoms with Crippen molar-refractivity contribution in [1.82, 2.24) is 4.98 Å². The number of hydrogen-bond acceptors (Lipinski definition) is 3. The number of carboxylic acid groups (broad SMARTS) is 1. The largest absolute Gasteiger partial charge is 0.481 e. The fraction of sp³-hybridized carbons (Fsp3) is 0.500. The Hall–Kier alpha value is -0.610. The summed E-state index contributed by atoms with van der Waals surface area (Å²) in [7, 11) is 0. The lowest BCUT2D eigenvalue weighted by Gasteiger charge is -2.36. The SMILES string of the molecule is O=C(O)C1(c2cnc(Cl)s2)CCC1. The predicted octanol–water partition coefficient (Wildman–Crippen LogP) is 2.30. The molecule has 0 spiro atoms. The van der Waals surface area contributed by atoms with Gasteiger partial charge in [0.25, 0.3) is 0 Å². The summed E-state index contributed by atoms with van der Waals surface area (Å²) in [5.41, 5.74) is -0.676. The molecule has 70 valence electrons. The van der Waals surface area contributed by atoms with Crippen molar-refractivity contribution in [2.24, 2.45) is 0 Å². The van der Waals surface area contributed by atoms with Gasteiger partial charge in [-0.05, 0) is 12.8 Å². The fourth-order valence-electron chi connectivity index (χ4n) is 1.57. The highest BCUT2D eigenvalue weighted by Gasteiger charge is 2.47. The van der Waals surface area contributed by atoms with E-state index in [-0.39, 0.29) is 0 Å². The topological polar surface area (TPSA) is 50.2 Å². The zero-order valence-corrected chi connectivity index (χ0v) is 8.36. The molecule has 0 saturated heterocycles. The zero-order valence-electron chi connectivity index (χ0n) is 6.79. The molecule has 0 aromatic carbocycles. The van der Waals surface area contributed by atoms with Crippen molar-refractivity contribution in [2.45, 2.75) is 24.7 Å². The Labute approximate surface area is 84.4 Å². The molecule has 0 unspecified atom stereocenters. The highest BCUT2D eigenvalue weighted by Crippen LogP contribution is 2.46. The van der Waals surface area contributed by atoms with Crippen molar-refractivity contribution in [3.63, 3.8) is 0 Å². The molecule has 1 aromatic heterocycles. The first-order chi connectivity index (χ1) is 6.15. The maximum atomic E-state index is 11.0. The van der Waals surface area contributed by atoms with Crippen LogP contribution >= 0.6 is 22.9 Å². The van der Waals surface area contributed by atoms with Gasteiger partial charge in [-0.2, -0.15) is 0 Å². The van der Waals surface area contributed by atoms with Gasteiger partial charge < -0.3 is 5.11 Å². The number of hydrogen-bond donors (Lipinski definition) is 1. The lowest BCUT2D eigenvalue weighted by Crippen LogP contribution is -2.41. The molecule has 0 radical (unpaired) electrons. The number of aromatic nitrogens is 1. The Morgan fingerprint density at radius 3 is 2.69 bits per heavy atom. The van der Waals surface area contributed by atoms with Crippen LogP contribution in [0.5, 0.6) is 0 Å². The van der Waals surface area contributed by atoms with E-state index in [1.807, 2.05) is 0 Å². The van der Waals surface area contributed by atoms with Crippen LogP contribution in [0, 0.1) is 0 Å². The molecule has 0 atom stereocenters. The first kappa shape index (κ1) is 8.97. The van der Waals surface area contributed by atoms with Crippen molar-refractivity contribution in [1.29, 1.82) is 0 Å². The van der Waals surface area contributed by atoms with E-state index in [1.54, 1.807) is 6.20 Å². The minimum absolute atomic E-state index is 0.419. The first-order valence-corrected chi connectivity index (χ1v) is 5.20. The molecule has 2 rings (SSSR count). The number of aliphatic carboxylic acids is 1. The minimum atomic E-state index is -0.751. The van der Waals surface area contributed by atoms with Crippen LogP contribution < -0.4 is 0 Å². The molecule has 0 amide bonds. The Kier molecular flexibility index (Phi) is 2.04. The number of nitrogens with zero attached hydrogens (tertiary/aromatic N) is 1. The van der Waals surface area contributed by atoms with E-state index >= 15 is 0 Å². The smallest absolute Gasteiger partial charge is 0.315 e. The van der Waals surface area contributed by atoms with Gasteiger partial charge in [0.2, 0.25) is 0 Å². The number of carbonyl (C=O) groups is 1. The number of thiazole rings is 1. The van der Waals surface area contributed by atoms with Gasteiger partial charge in [0.15, 0.2) is 4.47 Å². The summed E-state index contributed by atoms with van der Waals surface area (Å²) in [6.45, 7) is 0. The van der Waals surface area contributed by atoms with Crippen LogP contribution in [0.15, 0.2) is 6.20 Å². The molecule has 0 bridgehead atoms. The predicted molar refractivity (Wildman–Crippen MR) is 50.3 cm³/mol. The lowest BCUT2D eigenvalue weighted by atomic mass is 9.68. The fourth-order valence-corrected chi connectivity index (χ4v) is 2.75. The Morgan fingerprint density at radius 2 is 2.38 bits per heavy atom. The third kappa shape index (κ3) is 1.25. The van der Waals surface area contributed by atoms with Gasteiger partial charge in [-0.3, -0.25) is 4.79 Å². The Balaban J connectivity index is 2.37. The van der Waals surface area contributed by atoms with Crippen LogP contribution in [0.4, 0.5) is 0 Å². The number of rotatable bonds is 2. The van der Waals surface area contributed by atoms with Crippen molar-refractivity contribution >= 4 is 28.9 Å². The van der Waals surface area contributed by atoms with E-state index in [1.165, 1.54) is 11.3 Å². The van der Waals surface area contributed by atoms with Gasteiger partial charge >= 0.3 is 5.97 Å². The molecule has 1 aliphatic rings. The summed E-state index contributed by atoms with van der Waals surface area (Å²) in [6, 6.07) is 0. The molecule has 1 aliphatic carbocycles. The van der Waals surface area contributed by atoms with E-state index < -0.39 is 11.4 Å². The molecule has 5 heteroatoms. The Morgan fingerprint density at radius 1 is 1.69 bits per heavy atom. The highest BCUT2D eigenvalue weighted by molar-refractivity contribution is 7.16. The normalized spacial score (nSPS) is 19.5. The first-order valence-electron chi connectivity index (χ1n) is 4.00. The standard InChI is InChI=1S/C8H8ClNO2S/c9-7-10-4-5(13-7)8(6(11)12)2-1-3-8/h4H,1-3H2,(H,11,12). The van der Waals surface area contributed by atoms with Crippen LogP contribution in [0.25, 0.3) is 0 Å². The molecule has 1 N–H and O–H groups in total. The Bertz CT molecular complexity index is 346. The summed E-state index contributed by atoms with van der Waals surface area (Å²) in [5.74, 6) is -0.751. The maximum absolute atomic E-state index is 11.0. The van der Waals surface area contributed by atoms with Gasteiger partial charge in [0.1, 0.15) is 5.41 Å². The second-order valence-corrected chi connectivity index (χ2v) is 4.83. The monoisotopic (exact) mass is 217 g/mol. The van der Waals surface area contributed by atoms with E-state index in [2.05, 4.69) is 4.98 Å². The maximum Gasteiger partial charge on any atom is 0.315 e. The molecule has 13 heavy (non-hydrogen) atoms. The average molecular weight is 218 g/mol. The van der Waals surface area contributed by atoms with Crippen molar-refractivity contribution in [2.75, 3.05) is 0 Å². The molecule has 1 saturated carbocycles. The van der Waals surface area contributed by atoms with E-state index in [0.29, 0.717) is 17.3 Å². The van der Waals surface area contributed by atoms with Crippen LogP contribution in [-0.2, 0) is 10.2 Å². The second-order valence-electron chi connectivity index (χ2n) is 3.22. The minimum Gasteiger partial charge on any atom is -0.481 e.